The summed E-state index contributed by atoms with van der Waals surface area (Å²) in [6.07, 6.45) is -1.84. The summed E-state index contributed by atoms with van der Waals surface area (Å²) in [6.45, 7) is 3.09. The second-order valence-corrected chi connectivity index (χ2v) is 11.2. The van der Waals surface area contributed by atoms with E-state index in [-0.39, 0.29) is 12.2 Å². The number of ether oxygens (including phenoxy) is 1. The van der Waals surface area contributed by atoms with Crippen LogP contribution in [0.5, 0.6) is 11.5 Å². The lowest BCUT2D eigenvalue weighted by atomic mass is 10.1. The molecule has 0 saturated carbocycles. The molecule has 0 aliphatic carbocycles. The number of para-hydroxylation sites is 1. The Kier molecular flexibility index (Phi) is 9.11. The summed E-state index contributed by atoms with van der Waals surface area (Å²) in [6, 6.07) is 14.1. The molecule has 0 unspecified atom stereocenters. The van der Waals surface area contributed by atoms with E-state index in [1.54, 1.807) is 36.0 Å². The number of carbonyl (C=O) groups excluding carboxylic acids is 2. The Hall–Kier alpha value is -4.56. The first kappa shape index (κ1) is 30.9. The van der Waals surface area contributed by atoms with Crippen molar-refractivity contribution < 1.29 is 27.5 Å². The zero-order valence-corrected chi connectivity index (χ0v) is 25.0. The van der Waals surface area contributed by atoms with Gasteiger partial charge < -0.3 is 19.9 Å². The number of rotatable bonds is 8. The van der Waals surface area contributed by atoms with Crippen molar-refractivity contribution >= 4 is 34.5 Å². The summed E-state index contributed by atoms with van der Waals surface area (Å²) in [5, 5.41) is 12.9. The maximum atomic E-state index is 13.4. The van der Waals surface area contributed by atoms with E-state index in [1.165, 1.54) is 11.3 Å². The largest absolute Gasteiger partial charge is 0.471 e. The van der Waals surface area contributed by atoms with E-state index in [9.17, 15) is 22.8 Å². The highest BCUT2D eigenvalue weighted by Crippen LogP contribution is 2.39. The van der Waals surface area contributed by atoms with Crippen molar-refractivity contribution in [2.75, 3.05) is 50.5 Å². The lowest BCUT2D eigenvalue weighted by molar-refractivity contribution is -0.184. The van der Waals surface area contributed by atoms with E-state index in [4.69, 9.17) is 4.74 Å². The number of hydrogen-bond acceptors (Lipinski definition) is 9. The highest BCUT2D eigenvalue weighted by molar-refractivity contribution is 7.13. The number of amides is 2. The molecule has 4 aromatic rings. The molecule has 5 rings (SSSR count). The smallest absolute Gasteiger partial charge is 0.457 e. The number of nitrogens with one attached hydrogen (secondary N) is 1. The molecule has 2 aromatic carbocycles. The van der Waals surface area contributed by atoms with Crippen LogP contribution in [0.3, 0.4) is 0 Å². The maximum Gasteiger partial charge on any atom is 0.471 e. The van der Waals surface area contributed by atoms with Crippen LogP contribution in [0.2, 0.25) is 0 Å². The van der Waals surface area contributed by atoms with Crippen molar-refractivity contribution in [2.45, 2.75) is 19.1 Å². The van der Waals surface area contributed by atoms with Crippen LogP contribution < -0.4 is 15.0 Å². The summed E-state index contributed by atoms with van der Waals surface area (Å²) >= 11 is 1.30. The van der Waals surface area contributed by atoms with Crippen molar-refractivity contribution in [3.05, 3.63) is 77.6 Å². The number of carbonyl (C=O) groups is 2. The molecule has 0 radical (unpaired) electrons. The Morgan fingerprint density at radius 3 is 2.59 bits per heavy atom. The van der Waals surface area contributed by atoms with Gasteiger partial charge in [-0.25, -0.2) is 4.98 Å². The minimum absolute atomic E-state index is 0.127. The van der Waals surface area contributed by atoms with E-state index in [2.05, 4.69) is 20.5 Å². The summed E-state index contributed by atoms with van der Waals surface area (Å²) in [7, 11) is 2.97. The molecule has 1 fully saturated rings. The molecule has 2 amide bonds. The highest BCUT2D eigenvalue weighted by Gasteiger charge is 2.42. The predicted octanol–water partition coefficient (Wildman–Crippen LogP) is 5.09. The predicted molar refractivity (Wildman–Crippen MR) is 161 cm³/mol. The molecule has 1 aliphatic heterocycles. The average Bonchev–Trinajstić information content (AvgIpc) is 3.51. The molecule has 1 atom stereocenters. The molecular weight excluding hydrogens is 595 g/mol. The lowest BCUT2D eigenvalue weighted by Crippen LogP contribution is -2.57. The number of likely N-dealkylation sites (N-methyl/N-ethyl adjacent to an activating group) is 2. The number of anilines is 2. The Morgan fingerprint density at radius 2 is 1.89 bits per heavy atom. The van der Waals surface area contributed by atoms with Crippen molar-refractivity contribution in [1.29, 1.82) is 0 Å². The number of thiazole rings is 1. The molecule has 2 aromatic heterocycles. The number of alkyl halides is 3. The van der Waals surface area contributed by atoms with E-state index < -0.39 is 24.0 Å². The third-order valence-corrected chi connectivity index (χ3v) is 8.23. The first-order valence-electron chi connectivity index (χ1n) is 13.7. The zero-order chi connectivity index (χ0) is 31.4. The van der Waals surface area contributed by atoms with E-state index in [0.717, 1.165) is 18.2 Å². The zero-order valence-electron chi connectivity index (χ0n) is 24.2. The monoisotopic (exact) mass is 625 g/mol. The molecule has 14 heteroatoms. The third-order valence-electron chi connectivity index (χ3n) is 7.34. The molecule has 1 aliphatic rings. The van der Waals surface area contributed by atoms with Crippen molar-refractivity contribution in [3.8, 4) is 22.1 Å². The molecule has 44 heavy (non-hydrogen) atoms. The lowest BCUT2D eigenvalue weighted by Gasteiger charge is -2.43. The van der Waals surface area contributed by atoms with Gasteiger partial charge in [-0.1, -0.05) is 18.2 Å². The topological polar surface area (TPSA) is 104 Å². The Morgan fingerprint density at radius 1 is 1.11 bits per heavy atom. The normalized spacial score (nSPS) is 15.6. The molecule has 0 spiro atoms. The van der Waals surface area contributed by atoms with Crippen LogP contribution in [-0.4, -0.2) is 89.3 Å². The molecule has 1 saturated heterocycles. The van der Waals surface area contributed by atoms with Crippen LogP contribution in [0.4, 0.5) is 24.5 Å². The van der Waals surface area contributed by atoms with Gasteiger partial charge in [0.25, 0.3) is 5.91 Å². The average molecular weight is 626 g/mol. The Labute approximate surface area is 256 Å². The van der Waals surface area contributed by atoms with Gasteiger partial charge in [0.05, 0.1) is 23.8 Å². The standard InChI is InChI=1S/C30H30F3N7O3S/c1-19-25(43-22-7-5-4-6-8-22)10-9-23(36-27(41)24-18-44-28(37-24)20-11-12-34-35-15-20)26(19)40-14-13-38(2)21(17-40)16-39(3)29(42)30(31,32)33/h4-12,15,18,21H,13-14,16-17H2,1-3H3,(H,36,41)/t21-/m0/s1. The number of piperazine rings is 1. The summed E-state index contributed by atoms with van der Waals surface area (Å²) in [5.74, 6) is -1.13. The fourth-order valence-electron chi connectivity index (χ4n) is 4.99. The van der Waals surface area contributed by atoms with Gasteiger partial charge in [-0.15, -0.1) is 11.3 Å². The van der Waals surface area contributed by atoms with E-state index >= 15 is 0 Å². The van der Waals surface area contributed by atoms with Crippen LogP contribution in [0.1, 0.15) is 16.1 Å². The van der Waals surface area contributed by atoms with Gasteiger partial charge in [0.1, 0.15) is 22.2 Å². The van der Waals surface area contributed by atoms with Gasteiger partial charge in [0.2, 0.25) is 0 Å². The number of halogens is 3. The summed E-state index contributed by atoms with van der Waals surface area (Å²) in [5.41, 5.74) is 2.86. The number of benzene rings is 2. The minimum atomic E-state index is -4.96. The first-order valence-corrected chi connectivity index (χ1v) is 14.6. The fourth-order valence-corrected chi connectivity index (χ4v) is 5.78. The Bertz CT molecular complexity index is 1620. The Balaban J connectivity index is 1.44. The third kappa shape index (κ3) is 6.97. The van der Waals surface area contributed by atoms with Crippen LogP contribution in [0.15, 0.2) is 66.3 Å². The number of hydrogen-bond donors (Lipinski definition) is 1. The van der Waals surface area contributed by atoms with Crippen LogP contribution in [0, 0.1) is 6.92 Å². The molecule has 230 valence electrons. The van der Waals surface area contributed by atoms with E-state index in [1.807, 2.05) is 54.1 Å². The second kappa shape index (κ2) is 13.0. The van der Waals surface area contributed by atoms with Crippen LogP contribution in [0.25, 0.3) is 10.6 Å². The minimum Gasteiger partial charge on any atom is -0.457 e. The van der Waals surface area contributed by atoms with Gasteiger partial charge in [-0.05, 0) is 44.3 Å². The second-order valence-electron chi connectivity index (χ2n) is 10.4. The van der Waals surface area contributed by atoms with Crippen molar-refractivity contribution in [3.63, 3.8) is 0 Å². The van der Waals surface area contributed by atoms with Gasteiger partial charge in [0.15, 0.2) is 0 Å². The number of aromatic nitrogens is 3. The quantitative estimate of drug-likeness (QED) is 0.289. The van der Waals surface area contributed by atoms with Crippen LogP contribution >= 0.6 is 11.3 Å². The molecular formula is C30H30F3N7O3S. The van der Waals surface area contributed by atoms with E-state index in [0.29, 0.717) is 52.4 Å². The van der Waals surface area contributed by atoms with Crippen LogP contribution in [-0.2, 0) is 4.79 Å². The maximum absolute atomic E-state index is 13.4. The van der Waals surface area contributed by atoms with Gasteiger partial charge in [-0.3, -0.25) is 14.5 Å². The number of nitrogens with zero attached hydrogens (tertiary/aromatic N) is 6. The van der Waals surface area contributed by atoms with Crippen molar-refractivity contribution in [2.24, 2.45) is 0 Å². The molecule has 3 heterocycles. The van der Waals surface area contributed by atoms with Crippen molar-refractivity contribution in [1.82, 2.24) is 25.0 Å². The van der Waals surface area contributed by atoms with Gasteiger partial charge in [0, 0.05) is 55.8 Å². The molecule has 10 nitrogen and oxygen atoms in total. The fraction of sp³-hybridized carbons (Fsp3) is 0.300. The highest BCUT2D eigenvalue weighted by atomic mass is 32.1. The molecule has 0 bridgehead atoms. The van der Waals surface area contributed by atoms with Gasteiger partial charge in [-0.2, -0.15) is 23.4 Å². The summed E-state index contributed by atoms with van der Waals surface area (Å²) in [4.78, 5) is 34.4. The summed E-state index contributed by atoms with van der Waals surface area (Å²) < 4.78 is 45.5. The van der Waals surface area contributed by atoms with Gasteiger partial charge >= 0.3 is 12.1 Å². The SMILES string of the molecule is Cc1c(Oc2ccccc2)ccc(NC(=O)c2csc(-c3ccnnc3)n2)c1N1CCN(C)[C@@H](CN(C)C(=O)C(F)(F)F)C1. The molecule has 1 N–H and O–H groups in total. The first-order chi connectivity index (χ1) is 21.0.